The molecule has 0 radical (unpaired) electrons. The lowest BCUT2D eigenvalue weighted by Crippen LogP contribution is -2.22. The van der Waals surface area contributed by atoms with Gasteiger partial charge >= 0.3 is 0 Å². The molecule has 0 aliphatic carbocycles. The van der Waals surface area contributed by atoms with Gasteiger partial charge in [-0.05, 0) is 43.4 Å². The Morgan fingerprint density at radius 1 is 1.47 bits per heavy atom. The number of hydrogen-bond acceptors (Lipinski definition) is 2. The van der Waals surface area contributed by atoms with Crippen molar-refractivity contribution in [1.82, 2.24) is 0 Å². The quantitative estimate of drug-likeness (QED) is 0.743. The van der Waals surface area contributed by atoms with E-state index in [2.05, 4.69) is 12.0 Å². The van der Waals surface area contributed by atoms with Crippen molar-refractivity contribution in [3.05, 3.63) is 34.9 Å². The minimum Gasteiger partial charge on any atom is -0.353 e. The zero-order valence-corrected chi connectivity index (χ0v) is 10.2. The average Bonchev–Trinajstić information content (AvgIpc) is 2.39. The van der Waals surface area contributed by atoms with Gasteiger partial charge in [-0.1, -0.05) is 18.1 Å². The van der Waals surface area contributed by atoms with Crippen molar-refractivity contribution in [1.29, 1.82) is 0 Å². The molecule has 2 nitrogen and oxygen atoms in total. The van der Waals surface area contributed by atoms with Crippen LogP contribution in [0.15, 0.2) is 18.2 Å². The lowest BCUT2D eigenvalue weighted by Gasteiger charge is -2.23. The standard InChI is InChI=1S/C15H18O2/c1-3-13-7-6-8-14(12(13)2)11-17-15-9-4-5-10-16-15/h1,6-8,15H,4-5,9-11H2,2H3. The van der Waals surface area contributed by atoms with Crippen LogP contribution in [-0.2, 0) is 16.1 Å². The normalized spacial score (nSPS) is 19.9. The summed E-state index contributed by atoms with van der Waals surface area (Å²) < 4.78 is 11.3. The molecule has 17 heavy (non-hydrogen) atoms. The van der Waals surface area contributed by atoms with Gasteiger partial charge in [0.2, 0.25) is 0 Å². The van der Waals surface area contributed by atoms with Gasteiger partial charge in [0.05, 0.1) is 6.61 Å². The van der Waals surface area contributed by atoms with Gasteiger partial charge in [0, 0.05) is 12.2 Å². The van der Waals surface area contributed by atoms with Crippen molar-refractivity contribution >= 4 is 0 Å². The summed E-state index contributed by atoms with van der Waals surface area (Å²) in [6, 6.07) is 5.98. The van der Waals surface area contributed by atoms with Crippen LogP contribution in [0.3, 0.4) is 0 Å². The average molecular weight is 230 g/mol. The first kappa shape index (κ1) is 12.2. The van der Waals surface area contributed by atoms with Crippen LogP contribution in [-0.4, -0.2) is 12.9 Å². The third-order valence-corrected chi connectivity index (χ3v) is 3.16. The smallest absolute Gasteiger partial charge is 0.158 e. The fraction of sp³-hybridized carbons (Fsp3) is 0.467. The highest BCUT2D eigenvalue weighted by atomic mass is 16.7. The van der Waals surface area contributed by atoms with Crippen LogP contribution < -0.4 is 0 Å². The Balaban J connectivity index is 1.96. The summed E-state index contributed by atoms with van der Waals surface area (Å²) in [7, 11) is 0. The molecule has 90 valence electrons. The van der Waals surface area contributed by atoms with E-state index in [9.17, 15) is 0 Å². The molecule has 1 aliphatic rings. The van der Waals surface area contributed by atoms with E-state index < -0.39 is 0 Å². The molecular weight excluding hydrogens is 212 g/mol. The van der Waals surface area contributed by atoms with Crippen LogP contribution in [0.4, 0.5) is 0 Å². The fourth-order valence-corrected chi connectivity index (χ4v) is 2.02. The number of benzene rings is 1. The predicted octanol–water partition coefficient (Wildman–Crippen LogP) is 3.02. The Morgan fingerprint density at radius 2 is 2.35 bits per heavy atom. The van der Waals surface area contributed by atoms with Gasteiger partial charge in [-0.15, -0.1) is 6.42 Å². The van der Waals surface area contributed by atoms with Gasteiger partial charge in [0.15, 0.2) is 6.29 Å². The Morgan fingerprint density at radius 3 is 3.06 bits per heavy atom. The summed E-state index contributed by atoms with van der Waals surface area (Å²) in [6.07, 6.45) is 8.73. The summed E-state index contributed by atoms with van der Waals surface area (Å²) in [6.45, 7) is 3.43. The minimum atomic E-state index is -0.0439. The van der Waals surface area contributed by atoms with E-state index in [4.69, 9.17) is 15.9 Å². The van der Waals surface area contributed by atoms with E-state index in [1.165, 1.54) is 6.42 Å². The third kappa shape index (κ3) is 3.09. The highest BCUT2D eigenvalue weighted by Gasteiger charge is 2.14. The van der Waals surface area contributed by atoms with Crippen LogP contribution in [0.1, 0.15) is 36.0 Å². The number of rotatable bonds is 3. The molecular formula is C15H18O2. The van der Waals surface area contributed by atoms with Crippen LogP contribution >= 0.6 is 0 Å². The van der Waals surface area contributed by atoms with Gasteiger partial charge in [-0.25, -0.2) is 0 Å². The zero-order chi connectivity index (χ0) is 12.1. The Labute approximate surface area is 103 Å². The Kier molecular flexibility index (Phi) is 4.19. The van der Waals surface area contributed by atoms with E-state index in [1.54, 1.807) is 0 Å². The lowest BCUT2D eigenvalue weighted by atomic mass is 10.0. The summed E-state index contributed by atoms with van der Waals surface area (Å²) in [5.41, 5.74) is 3.22. The van der Waals surface area contributed by atoms with Crippen molar-refractivity contribution in [2.24, 2.45) is 0 Å². The van der Waals surface area contributed by atoms with Crippen molar-refractivity contribution in [2.75, 3.05) is 6.61 Å². The molecule has 1 aromatic carbocycles. The van der Waals surface area contributed by atoms with Crippen molar-refractivity contribution in [3.8, 4) is 12.3 Å². The molecule has 1 aliphatic heterocycles. The number of ether oxygens (including phenoxy) is 2. The summed E-state index contributed by atoms with van der Waals surface area (Å²) in [4.78, 5) is 0. The first-order valence-electron chi connectivity index (χ1n) is 6.09. The molecule has 0 amide bonds. The second kappa shape index (κ2) is 5.86. The van der Waals surface area contributed by atoms with Crippen molar-refractivity contribution in [2.45, 2.75) is 39.1 Å². The SMILES string of the molecule is C#Cc1cccc(COC2CCCCO2)c1C. The number of terminal acetylenes is 1. The topological polar surface area (TPSA) is 18.5 Å². The Hall–Kier alpha value is -1.30. The maximum Gasteiger partial charge on any atom is 0.158 e. The summed E-state index contributed by atoms with van der Waals surface area (Å²) in [5, 5.41) is 0. The molecule has 1 fully saturated rings. The second-order valence-corrected chi connectivity index (χ2v) is 4.34. The lowest BCUT2D eigenvalue weighted by molar-refractivity contribution is -0.169. The third-order valence-electron chi connectivity index (χ3n) is 3.16. The van der Waals surface area contributed by atoms with E-state index >= 15 is 0 Å². The van der Waals surface area contributed by atoms with Crippen LogP contribution in [0.2, 0.25) is 0 Å². The largest absolute Gasteiger partial charge is 0.353 e. The van der Waals surface area contributed by atoms with Gasteiger partial charge in [-0.2, -0.15) is 0 Å². The van der Waals surface area contributed by atoms with Crippen LogP contribution in [0.5, 0.6) is 0 Å². The molecule has 0 N–H and O–H groups in total. The van der Waals surface area contributed by atoms with Gasteiger partial charge in [0.1, 0.15) is 0 Å². The Bertz CT molecular complexity index is 411. The molecule has 0 aromatic heterocycles. The molecule has 2 heteroatoms. The molecule has 1 heterocycles. The number of hydrogen-bond donors (Lipinski definition) is 0. The van der Waals surface area contributed by atoms with Gasteiger partial charge in [0.25, 0.3) is 0 Å². The fourth-order valence-electron chi connectivity index (χ4n) is 2.02. The minimum absolute atomic E-state index is 0.0439. The second-order valence-electron chi connectivity index (χ2n) is 4.34. The van der Waals surface area contributed by atoms with E-state index in [-0.39, 0.29) is 6.29 Å². The maximum atomic E-state index is 5.76. The molecule has 1 saturated heterocycles. The van der Waals surface area contributed by atoms with Crippen LogP contribution in [0, 0.1) is 19.3 Å². The molecule has 1 unspecified atom stereocenters. The zero-order valence-electron chi connectivity index (χ0n) is 10.2. The molecule has 0 spiro atoms. The maximum absolute atomic E-state index is 5.76. The van der Waals surface area contributed by atoms with Crippen LogP contribution in [0.25, 0.3) is 0 Å². The first-order valence-corrected chi connectivity index (χ1v) is 6.09. The highest BCUT2D eigenvalue weighted by Crippen LogP contribution is 2.18. The molecule has 1 atom stereocenters. The van der Waals surface area contributed by atoms with E-state index in [1.807, 2.05) is 19.1 Å². The van der Waals surface area contributed by atoms with Crippen molar-refractivity contribution < 1.29 is 9.47 Å². The monoisotopic (exact) mass is 230 g/mol. The highest BCUT2D eigenvalue weighted by molar-refractivity contribution is 5.43. The summed E-state index contributed by atoms with van der Waals surface area (Å²) >= 11 is 0. The predicted molar refractivity (Wildman–Crippen MR) is 67.5 cm³/mol. The first-order chi connectivity index (χ1) is 8.31. The van der Waals surface area contributed by atoms with Gasteiger partial charge < -0.3 is 9.47 Å². The molecule has 1 aromatic rings. The summed E-state index contributed by atoms with van der Waals surface area (Å²) in [5.74, 6) is 2.69. The molecule has 0 bridgehead atoms. The molecule has 2 rings (SSSR count). The van der Waals surface area contributed by atoms with E-state index in [0.717, 1.165) is 36.1 Å². The molecule has 0 saturated carbocycles. The van der Waals surface area contributed by atoms with E-state index in [0.29, 0.717) is 6.61 Å². The van der Waals surface area contributed by atoms with Gasteiger partial charge in [-0.3, -0.25) is 0 Å². The van der Waals surface area contributed by atoms with Crippen molar-refractivity contribution in [3.63, 3.8) is 0 Å².